The highest BCUT2D eigenvalue weighted by Gasteiger charge is 2.22. The number of benzene rings is 1. The molecule has 23 heavy (non-hydrogen) atoms. The summed E-state index contributed by atoms with van der Waals surface area (Å²) in [5.74, 6) is -0.208. The molecule has 1 aliphatic heterocycles. The zero-order chi connectivity index (χ0) is 16.7. The highest BCUT2D eigenvalue weighted by atomic mass is 16.7. The minimum absolute atomic E-state index is 0.155. The Morgan fingerprint density at radius 3 is 2.70 bits per heavy atom. The lowest BCUT2D eigenvalue weighted by atomic mass is 10.1. The van der Waals surface area contributed by atoms with E-state index in [1.165, 1.54) is 24.3 Å². The maximum Gasteiger partial charge on any atom is 0.513 e. The van der Waals surface area contributed by atoms with Crippen LogP contribution in [0.1, 0.15) is 36.5 Å². The van der Waals surface area contributed by atoms with Crippen LogP contribution >= 0.6 is 0 Å². The van der Waals surface area contributed by atoms with Gasteiger partial charge in [0.2, 0.25) is 5.91 Å². The SMILES string of the molecule is CCOC(=O)Oc1ccc(C(=O)NC2CCCCNC2=O)cc1. The molecule has 0 aromatic heterocycles. The highest BCUT2D eigenvalue weighted by molar-refractivity contribution is 5.97. The number of amides is 2. The Kier molecular flexibility index (Phi) is 5.96. The topological polar surface area (TPSA) is 93.7 Å². The Labute approximate surface area is 134 Å². The fourth-order valence-corrected chi connectivity index (χ4v) is 2.24. The van der Waals surface area contributed by atoms with E-state index in [2.05, 4.69) is 15.4 Å². The lowest BCUT2D eigenvalue weighted by Crippen LogP contribution is -2.45. The molecule has 0 radical (unpaired) electrons. The molecule has 1 atom stereocenters. The summed E-state index contributed by atoms with van der Waals surface area (Å²) in [4.78, 5) is 35.2. The maximum absolute atomic E-state index is 12.2. The summed E-state index contributed by atoms with van der Waals surface area (Å²) in [7, 11) is 0. The molecule has 2 rings (SSSR count). The number of carbonyl (C=O) groups is 3. The smallest absolute Gasteiger partial charge is 0.434 e. The molecule has 1 fully saturated rings. The van der Waals surface area contributed by atoms with Crippen molar-refractivity contribution in [2.24, 2.45) is 0 Å². The number of hydrogen-bond acceptors (Lipinski definition) is 5. The number of hydrogen-bond donors (Lipinski definition) is 2. The van der Waals surface area contributed by atoms with Crippen molar-refractivity contribution < 1.29 is 23.9 Å². The molecule has 2 N–H and O–H groups in total. The average Bonchev–Trinajstić information content (AvgIpc) is 2.73. The van der Waals surface area contributed by atoms with Crippen LogP contribution in [0, 0.1) is 0 Å². The lowest BCUT2D eigenvalue weighted by Gasteiger charge is -2.15. The molecule has 1 aromatic rings. The van der Waals surface area contributed by atoms with E-state index in [-0.39, 0.29) is 24.2 Å². The summed E-state index contributed by atoms with van der Waals surface area (Å²) in [6, 6.07) is 5.54. The van der Waals surface area contributed by atoms with Gasteiger partial charge in [0.25, 0.3) is 5.91 Å². The van der Waals surface area contributed by atoms with Gasteiger partial charge in [-0.15, -0.1) is 0 Å². The van der Waals surface area contributed by atoms with Crippen molar-refractivity contribution in [2.75, 3.05) is 13.2 Å². The van der Waals surface area contributed by atoms with Crippen molar-refractivity contribution in [1.29, 1.82) is 0 Å². The zero-order valence-corrected chi connectivity index (χ0v) is 13.0. The van der Waals surface area contributed by atoms with Crippen LogP contribution in [0.2, 0.25) is 0 Å². The van der Waals surface area contributed by atoms with Crippen LogP contribution in [0.15, 0.2) is 24.3 Å². The first kappa shape index (κ1) is 16.8. The molecule has 0 saturated carbocycles. The molecule has 7 nitrogen and oxygen atoms in total. The number of nitrogens with one attached hydrogen (secondary N) is 2. The molecule has 1 heterocycles. The van der Waals surface area contributed by atoms with Gasteiger partial charge in [0.1, 0.15) is 11.8 Å². The van der Waals surface area contributed by atoms with Gasteiger partial charge in [-0.05, 0) is 50.5 Å². The molecule has 0 spiro atoms. The monoisotopic (exact) mass is 320 g/mol. The molecule has 1 aliphatic rings. The number of rotatable bonds is 4. The van der Waals surface area contributed by atoms with Gasteiger partial charge in [-0.1, -0.05) is 0 Å². The summed E-state index contributed by atoms with van der Waals surface area (Å²) < 4.78 is 9.58. The van der Waals surface area contributed by atoms with Crippen LogP contribution in [0.5, 0.6) is 5.75 Å². The summed E-state index contributed by atoms with van der Waals surface area (Å²) in [5.41, 5.74) is 0.387. The van der Waals surface area contributed by atoms with Crippen molar-refractivity contribution in [3.8, 4) is 5.75 Å². The second kappa shape index (κ2) is 8.17. The molecule has 2 amide bonds. The molecule has 124 valence electrons. The predicted octanol–water partition coefficient (Wildman–Crippen LogP) is 1.62. The van der Waals surface area contributed by atoms with E-state index in [4.69, 9.17) is 4.74 Å². The third-order valence-corrected chi connectivity index (χ3v) is 3.42. The quantitative estimate of drug-likeness (QED) is 0.649. The molecule has 1 saturated heterocycles. The summed E-state index contributed by atoms with van der Waals surface area (Å²) in [6.45, 7) is 2.55. The fraction of sp³-hybridized carbons (Fsp3) is 0.438. The van der Waals surface area contributed by atoms with Crippen LogP contribution in [0.25, 0.3) is 0 Å². The van der Waals surface area contributed by atoms with E-state index >= 15 is 0 Å². The Hall–Kier alpha value is -2.57. The fourth-order valence-electron chi connectivity index (χ4n) is 2.24. The second-order valence-corrected chi connectivity index (χ2v) is 5.12. The molecule has 1 aromatic carbocycles. The zero-order valence-electron chi connectivity index (χ0n) is 13.0. The second-order valence-electron chi connectivity index (χ2n) is 5.12. The molecule has 0 aliphatic carbocycles. The Morgan fingerprint density at radius 2 is 2.00 bits per heavy atom. The first-order valence-electron chi connectivity index (χ1n) is 7.63. The van der Waals surface area contributed by atoms with Crippen molar-refractivity contribution in [2.45, 2.75) is 32.2 Å². The van der Waals surface area contributed by atoms with Gasteiger partial charge in [-0.2, -0.15) is 0 Å². The van der Waals surface area contributed by atoms with Gasteiger partial charge >= 0.3 is 6.16 Å². The minimum Gasteiger partial charge on any atom is -0.434 e. The normalized spacial score (nSPS) is 17.6. The van der Waals surface area contributed by atoms with Crippen LogP contribution in [0.3, 0.4) is 0 Å². The predicted molar refractivity (Wildman–Crippen MR) is 82.2 cm³/mol. The minimum atomic E-state index is -0.792. The van der Waals surface area contributed by atoms with E-state index < -0.39 is 12.2 Å². The summed E-state index contributed by atoms with van der Waals surface area (Å²) in [6.07, 6.45) is 1.63. The first-order chi connectivity index (χ1) is 11.1. The summed E-state index contributed by atoms with van der Waals surface area (Å²) >= 11 is 0. The largest absolute Gasteiger partial charge is 0.513 e. The van der Waals surface area contributed by atoms with Crippen molar-refractivity contribution in [1.82, 2.24) is 10.6 Å². The van der Waals surface area contributed by atoms with Crippen molar-refractivity contribution >= 4 is 18.0 Å². The average molecular weight is 320 g/mol. The van der Waals surface area contributed by atoms with Crippen LogP contribution in [-0.2, 0) is 9.53 Å². The van der Waals surface area contributed by atoms with Gasteiger partial charge in [0, 0.05) is 12.1 Å². The number of ether oxygens (including phenoxy) is 2. The van der Waals surface area contributed by atoms with E-state index in [0.29, 0.717) is 18.5 Å². The molecule has 1 unspecified atom stereocenters. The van der Waals surface area contributed by atoms with Gasteiger partial charge in [-0.3, -0.25) is 9.59 Å². The Morgan fingerprint density at radius 1 is 1.26 bits per heavy atom. The molecule has 0 bridgehead atoms. The van der Waals surface area contributed by atoms with Gasteiger partial charge in [0.05, 0.1) is 6.61 Å². The third kappa shape index (κ3) is 4.98. The molecular weight excluding hydrogens is 300 g/mol. The Balaban J connectivity index is 1.94. The molecular formula is C16H20N2O5. The maximum atomic E-state index is 12.2. The van der Waals surface area contributed by atoms with E-state index in [0.717, 1.165) is 12.8 Å². The number of carbonyl (C=O) groups excluding carboxylic acids is 3. The van der Waals surface area contributed by atoms with E-state index in [1.807, 2.05) is 0 Å². The van der Waals surface area contributed by atoms with Crippen LogP contribution in [0.4, 0.5) is 4.79 Å². The highest BCUT2D eigenvalue weighted by Crippen LogP contribution is 2.14. The van der Waals surface area contributed by atoms with Crippen molar-refractivity contribution in [3.05, 3.63) is 29.8 Å². The van der Waals surface area contributed by atoms with Gasteiger partial charge in [0.15, 0.2) is 0 Å². The van der Waals surface area contributed by atoms with Crippen LogP contribution < -0.4 is 15.4 Å². The van der Waals surface area contributed by atoms with E-state index in [9.17, 15) is 14.4 Å². The summed E-state index contributed by atoms with van der Waals surface area (Å²) in [5, 5.41) is 5.49. The lowest BCUT2D eigenvalue weighted by molar-refractivity contribution is -0.122. The van der Waals surface area contributed by atoms with Gasteiger partial charge < -0.3 is 20.1 Å². The van der Waals surface area contributed by atoms with Gasteiger partial charge in [-0.25, -0.2) is 4.79 Å². The standard InChI is InChI=1S/C16H20N2O5/c1-2-22-16(21)23-12-8-6-11(7-9-12)14(19)18-13-5-3-4-10-17-15(13)20/h6-9,13H,2-5,10H2,1H3,(H,17,20)(H,18,19). The van der Waals surface area contributed by atoms with Crippen LogP contribution in [-0.4, -0.2) is 37.2 Å². The Bertz CT molecular complexity index is 570. The third-order valence-electron chi connectivity index (χ3n) is 3.42. The van der Waals surface area contributed by atoms with Crippen molar-refractivity contribution in [3.63, 3.8) is 0 Å². The molecule has 7 heteroatoms. The first-order valence-corrected chi connectivity index (χ1v) is 7.63. The van der Waals surface area contributed by atoms with E-state index in [1.54, 1.807) is 6.92 Å².